The zero-order valence-electron chi connectivity index (χ0n) is 23.9. The van der Waals surface area contributed by atoms with Crippen LogP contribution in [0, 0.1) is 0 Å². The van der Waals surface area contributed by atoms with Crippen LogP contribution in [0.15, 0.2) is 104 Å². The molecule has 0 spiro atoms. The zero-order chi connectivity index (χ0) is 27.2. The van der Waals surface area contributed by atoms with Crippen LogP contribution in [-0.2, 0) is 10.8 Å². The predicted molar refractivity (Wildman–Crippen MR) is 168 cm³/mol. The minimum atomic E-state index is 0.0172. The summed E-state index contributed by atoms with van der Waals surface area (Å²) in [6, 6.07) is 33.2. The van der Waals surface area contributed by atoms with Gasteiger partial charge in [0.15, 0.2) is 0 Å². The van der Waals surface area contributed by atoms with E-state index in [4.69, 9.17) is 6.58 Å². The molecule has 0 unspecified atom stereocenters. The van der Waals surface area contributed by atoms with Gasteiger partial charge < -0.3 is 4.57 Å². The number of rotatable bonds is 4. The van der Waals surface area contributed by atoms with Crippen molar-refractivity contribution in [3.63, 3.8) is 0 Å². The standard InChI is InChI=1S/C37H39N/c1-9-30(26-16-12-10-13-17-26)25(2)38-34-21-20-28(36(3,4)5)22-32(34)33-24-29(37(6,7)8)23-31(35(33)38)27-18-14-11-15-19-27/h9-24H,2H2,1,3-8H3/b30-9+. The Balaban J connectivity index is 1.95. The van der Waals surface area contributed by atoms with Gasteiger partial charge in [-0.15, -0.1) is 0 Å². The van der Waals surface area contributed by atoms with Gasteiger partial charge in [0.05, 0.1) is 11.0 Å². The number of benzene rings is 4. The molecule has 0 N–H and O–H groups in total. The van der Waals surface area contributed by atoms with Crippen LogP contribution in [0.2, 0.25) is 0 Å². The second kappa shape index (κ2) is 9.48. The average Bonchev–Trinajstić information content (AvgIpc) is 3.22. The smallest absolute Gasteiger partial charge is 0.0619 e. The van der Waals surface area contributed by atoms with E-state index in [1.807, 2.05) is 0 Å². The van der Waals surface area contributed by atoms with Gasteiger partial charge >= 0.3 is 0 Å². The second-order valence-corrected chi connectivity index (χ2v) is 12.4. The maximum absolute atomic E-state index is 4.72. The van der Waals surface area contributed by atoms with Gasteiger partial charge in [-0.05, 0) is 64.3 Å². The quantitative estimate of drug-likeness (QED) is 0.218. The minimum Gasteiger partial charge on any atom is -0.309 e. The molecule has 0 fully saturated rings. The van der Waals surface area contributed by atoms with E-state index >= 15 is 0 Å². The summed E-state index contributed by atoms with van der Waals surface area (Å²) < 4.78 is 2.40. The summed E-state index contributed by atoms with van der Waals surface area (Å²) in [5.74, 6) is 0. The van der Waals surface area contributed by atoms with E-state index in [2.05, 4.69) is 150 Å². The first kappa shape index (κ1) is 25.8. The lowest BCUT2D eigenvalue weighted by atomic mass is 9.83. The van der Waals surface area contributed by atoms with Gasteiger partial charge in [0.25, 0.3) is 0 Å². The van der Waals surface area contributed by atoms with Crippen LogP contribution in [0.3, 0.4) is 0 Å². The van der Waals surface area contributed by atoms with Crippen LogP contribution in [-0.4, -0.2) is 4.57 Å². The molecule has 1 aromatic heterocycles. The molecule has 192 valence electrons. The van der Waals surface area contributed by atoms with Gasteiger partial charge in [0, 0.05) is 27.6 Å². The first-order valence-corrected chi connectivity index (χ1v) is 13.6. The van der Waals surface area contributed by atoms with Gasteiger partial charge in [0.2, 0.25) is 0 Å². The Kier molecular flexibility index (Phi) is 6.43. The highest BCUT2D eigenvalue weighted by Gasteiger charge is 2.24. The van der Waals surface area contributed by atoms with Crippen molar-refractivity contribution in [3.8, 4) is 11.1 Å². The summed E-state index contributed by atoms with van der Waals surface area (Å²) in [6.07, 6.45) is 2.19. The van der Waals surface area contributed by atoms with Crippen molar-refractivity contribution < 1.29 is 0 Å². The van der Waals surface area contributed by atoms with Gasteiger partial charge in [-0.1, -0.05) is 121 Å². The molecule has 1 heterocycles. The fourth-order valence-corrected chi connectivity index (χ4v) is 5.40. The molecular weight excluding hydrogens is 458 g/mol. The Hall–Kier alpha value is -3.84. The number of aromatic nitrogens is 1. The van der Waals surface area contributed by atoms with Gasteiger partial charge in [0.1, 0.15) is 0 Å². The van der Waals surface area contributed by atoms with Crippen molar-refractivity contribution in [3.05, 3.63) is 120 Å². The summed E-state index contributed by atoms with van der Waals surface area (Å²) in [5, 5.41) is 2.56. The summed E-state index contributed by atoms with van der Waals surface area (Å²) in [7, 11) is 0. The molecule has 0 aliphatic heterocycles. The van der Waals surface area contributed by atoms with E-state index in [0.717, 1.165) is 11.3 Å². The Bertz CT molecular complexity index is 1660. The SMILES string of the molecule is C=C(/C(=C\C)c1ccccc1)n1c2ccc(C(C)(C)C)cc2c2cc(C(C)(C)C)cc(-c3ccccc3)c21. The van der Waals surface area contributed by atoms with Crippen LogP contribution in [0.5, 0.6) is 0 Å². The molecule has 4 aromatic carbocycles. The molecule has 1 nitrogen and oxygen atoms in total. The molecule has 0 atom stereocenters. The lowest BCUT2D eigenvalue weighted by Gasteiger charge is -2.22. The number of hydrogen-bond acceptors (Lipinski definition) is 0. The van der Waals surface area contributed by atoms with Crippen molar-refractivity contribution >= 4 is 33.1 Å². The molecule has 38 heavy (non-hydrogen) atoms. The fraction of sp³-hybridized carbons (Fsp3) is 0.243. The van der Waals surface area contributed by atoms with E-state index < -0.39 is 0 Å². The number of fused-ring (bicyclic) bond motifs is 3. The highest BCUT2D eigenvalue weighted by Crippen LogP contribution is 2.43. The number of hydrogen-bond donors (Lipinski definition) is 0. The van der Waals surface area contributed by atoms with Crippen molar-refractivity contribution in [2.75, 3.05) is 0 Å². The summed E-state index contributed by atoms with van der Waals surface area (Å²) >= 11 is 0. The number of nitrogens with zero attached hydrogens (tertiary/aromatic N) is 1. The van der Waals surface area contributed by atoms with Crippen LogP contribution in [0.4, 0.5) is 0 Å². The first-order chi connectivity index (χ1) is 18.0. The normalized spacial score (nSPS) is 12.9. The third-order valence-corrected chi connectivity index (χ3v) is 7.63. The van der Waals surface area contributed by atoms with Crippen LogP contribution in [0.25, 0.3) is 44.2 Å². The summed E-state index contributed by atoms with van der Waals surface area (Å²) in [6.45, 7) is 20.6. The van der Waals surface area contributed by atoms with Crippen molar-refractivity contribution in [1.29, 1.82) is 0 Å². The maximum Gasteiger partial charge on any atom is 0.0619 e. The van der Waals surface area contributed by atoms with Crippen molar-refractivity contribution in [2.45, 2.75) is 59.3 Å². The van der Waals surface area contributed by atoms with Gasteiger partial charge in [-0.3, -0.25) is 0 Å². The Morgan fingerprint density at radius 3 is 1.84 bits per heavy atom. The maximum atomic E-state index is 4.72. The topological polar surface area (TPSA) is 4.93 Å². The minimum absolute atomic E-state index is 0.0172. The van der Waals surface area contributed by atoms with E-state index in [9.17, 15) is 0 Å². The molecule has 5 aromatic rings. The summed E-state index contributed by atoms with van der Waals surface area (Å²) in [5.41, 5.74) is 10.9. The third-order valence-electron chi connectivity index (χ3n) is 7.63. The summed E-state index contributed by atoms with van der Waals surface area (Å²) in [4.78, 5) is 0. The molecule has 0 aliphatic carbocycles. The second-order valence-electron chi connectivity index (χ2n) is 12.4. The number of allylic oxidation sites excluding steroid dienone is 3. The van der Waals surface area contributed by atoms with E-state index in [-0.39, 0.29) is 10.8 Å². The molecule has 0 radical (unpaired) electrons. The molecule has 0 saturated carbocycles. The highest BCUT2D eigenvalue weighted by atomic mass is 15.0. The highest BCUT2D eigenvalue weighted by molar-refractivity contribution is 6.17. The zero-order valence-corrected chi connectivity index (χ0v) is 23.9. The fourth-order valence-electron chi connectivity index (χ4n) is 5.40. The molecule has 0 saturated heterocycles. The molecule has 0 aliphatic rings. The van der Waals surface area contributed by atoms with Crippen LogP contribution in [0.1, 0.15) is 65.2 Å². The molecule has 1 heteroatoms. The monoisotopic (exact) mass is 497 g/mol. The largest absolute Gasteiger partial charge is 0.309 e. The predicted octanol–water partition coefficient (Wildman–Crippen LogP) is 10.6. The van der Waals surface area contributed by atoms with Gasteiger partial charge in [-0.25, -0.2) is 0 Å². The van der Waals surface area contributed by atoms with Crippen molar-refractivity contribution in [1.82, 2.24) is 4.57 Å². The van der Waals surface area contributed by atoms with Gasteiger partial charge in [-0.2, -0.15) is 0 Å². The lowest BCUT2D eigenvalue weighted by Crippen LogP contribution is -2.11. The molecule has 0 amide bonds. The van der Waals surface area contributed by atoms with Crippen molar-refractivity contribution in [2.24, 2.45) is 0 Å². The van der Waals surface area contributed by atoms with E-state index in [1.54, 1.807) is 0 Å². The molecular formula is C37H39N. The molecule has 0 bridgehead atoms. The molecule has 5 rings (SSSR count). The Labute approximate surface area is 228 Å². The van der Waals surface area contributed by atoms with E-state index in [0.29, 0.717) is 0 Å². The Morgan fingerprint density at radius 2 is 1.26 bits per heavy atom. The van der Waals surface area contributed by atoms with E-state index in [1.165, 1.54) is 49.6 Å². The van der Waals surface area contributed by atoms with Crippen LogP contribution < -0.4 is 0 Å². The van der Waals surface area contributed by atoms with Crippen LogP contribution >= 0.6 is 0 Å². The Morgan fingerprint density at radius 1 is 0.684 bits per heavy atom. The lowest BCUT2D eigenvalue weighted by molar-refractivity contribution is 0.590. The third kappa shape index (κ3) is 4.52. The first-order valence-electron chi connectivity index (χ1n) is 13.6. The average molecular weight is 498 g/mol.